The van der Waals surface area contributed by atoms with Crippen molar-refractivity contribution in [3.05, 3.63) is 32.6 Å². The van der Waals surface area contributed by atoms with Crippen LogP contribution in [0.15, 0.2) is 15.8 Å². The Morgan fingerprint density at radius 2 is 1.82 bits per heavy atom. The van der Waals surface area contributed by atoms with Crippen molar-refractivity contribution in [2.24, 2.45) is 0 Å². The molecule has 0 spiro atoms. The minimum absolute atomic E-state index is 0.0211. The molecular formula is C11H14N2O4. The Labute approximate surface area is 97.4 Å². The maximum atomic E-state index is 12.1. The van der Waals surface area contributed by atoms with Gasteiger partial charge in [-0.3, -0.25) is 13.9 Å². The molecule has 2 unspecified atom stereocenters. The summed E-state index contributed by atoms with van der Waals surface area (Å²) in [6.45, 7) is 3.91. The molecule has 0 amide bonds. The number of nitrogens with zero attached hydrogens (tertiary/aromatic N) is 2. The lowest BCUT2D eigenvalue weighted by molar-refractivity contribution is 0.359. The molecule has 0 saturated carbocycles. The van der Waals surface area contributed by atoms with Gasteiger partial charge in [0.1, 0.15) is 0 Å². The summed E-state index contributed by atoms with van der Waals surface area (Å²) in [5.41, 5.74) is 0.0796. The Hall–Kier alpha value is -1.40. The Kier molecular flexibility index (Phi) is 2.41. The summed E-state index contributed by atoms with van der Waals surface area (Å²) in [6, 6.07) is 0. The van der Waals surface area contributed by atoms with Crippen LogP contribution in [-0.2, 0) is 22.6 Å². The molecule has 0 aromatic carbocycles. The normalized spacial score (nSPS) is 25.9. The smallest absolute Gasteiger partial charge is 0.331 e. The van der Waals surface area contributed by atoms with Crippen LogP contribution in [0.4, 0.5) is 0 Å². The average Bonchev–Trinajstić information content (AvgIpc) is 3.15. The summed E-state index contributed by atoms with van der Waals surface area (Å²) in [6.07, 6.45) is 1.75. The van der Waals surface area contributed by atoms with Crippen molar-refractivity contribution in [2.45, 2.75) is 32.2 Å². The quantitative estimate of drug-likeness (QED) is 0.638. The number of aryl methyl sites for hydroxylation is 1. The van der Waals surface area contributed by atoms with Gasteiger partial charge < -0.3 is 9.47 Å². The molecule has 92 valence electrons. The van der Waals surface area contributed by atoms with E-state index in [1.165, 1.54) is 4.57 Å². The molecular weight excluding hydrogens is 224 g/mol. The summed E-state index contributed by atoms with van der Waals surface area (Å²) in [5.74, 6) is 0. The molecule has 1 aromatic heterocycles. The topological polar surface area (TPSA) is 69.1 Å². The molecule has 17 heavy (non-hydrogen) atoms. The van der Waals surface area contributed by atoms with Gasteiger partial charge >= 0.3 is 5.69 Å². The fourth-order valence-corrected chi connectivity index (χ4v) is 1.86. The van der Waals surface area contributed by atoms with Gasteiger partial charge in [0.05, 0.1) is 38.5 Å². The molecule has 2 fully saturated rings. The third kappa shape index (κ3) is 2.18. The van der Waals surface area contributed by atoms with E-state index < -0.39 is 0 Å². The van der Waals surface area contributed by atoms with E-state index in [0.29, 0.717) is 31.9 Å². The number of ether oxygens (including phenoxy) is 2. The van der Waals surface area contributed by atoms with E-state index >= 15 is 0 Å². The monoisotopic (exact) mass is 238 g/mol. The molecule has 1 aromatic rings. The molecule has 0 aliphatic carbocycles. The van der Waals surface area contributed by atoms with Gasteiger partial charge in [0.2, 0.25) is 0 Å². The van der Waals surface area contributed by atoms with E-state index in [9.17, 15) is 9.59 Å². The van der Waals surface area contributed by atoms with Crippen molar-refractivity contribution in [3.8, 4) is 0 Å². The Morgan fingerprint density at radius 3 is 2.41 bits per heavy atom. The van der Waals surface area contributed by atoms with Crippen LogP contribution in [0.5, 0.6) is 0 Å². The molecule has 2 saturated heterocycles. The number of hydrogen-bond donors (Lipinski definition) is 0. The molecule has 2 atom stereocenters. The van der Waals surface area contributed by atoms with Crippen LogP contribution in [0.2, 0.25) is 0 Å². The van der Waals surface area contributed by atoms with Crippen molar-refractivity contribution >= 4 is 0 Å². The molecule has 0 bridgehead atoms. The zero-order valence-corrected chi connectivity index (χ0v) is 9.59. The Morgan fingerprint density at radius 1 is 1.24 bits per heavy atom. The minimum Gasteiger partial charge on any atom is -0.371 e. The zero-order valence-electron chi connectivity index (χ0n) is 9.59. The largest absolute Gasteiger partial charge is 0.371 e. The predicted octanol–water partition coefficient (Wildman–Crippen LogP) is -0.884. The first kappa shape index (κ1) is 10.7. The fraction of sp³-hybridized carbons (Fsp3) is 0.636. The van der Waals surface area contributed by atoms with Gasteiger partial charge in [-0.05, 0) is 6.92 Å². The summed E-state index contributed by atoms with van der Waals surface area (Å²) in [7, 11) is 0. The van der Waals surface area contributed by atoms with Gasteiger partial charge in [-0.15, -0.1) is 0 Å². The van der Waals surface area contributed by atoms with Crippen LogP contribution >= 0.6 is 0 Å². The molecule has 0 radical (unpaired) electrons. The lowest BCUT2D eigenvalue weighted by Crippen LogP contribution is -2.42. The van der Waals surface area contributed by atoms with Gasteiger partial charge in [-0.2, -0.15) is 0 Å². The second-order valence-electron chi connectivity index (χ2n) is 4.57. The fourth-order valence-electron chi connectivity index (χ4n) is 1.86. The van der Waals surface area contributed by atoms with Crippen LogP contribution in [0, 0.1) is 6.92 Å². The van der Waals surface area contributed by atoms with E-state index in [4.69, 9.17) is 9.47 Å². The first-order valence-electron chi connectivity index (χ1n) is 5.69. The third-order valence-corrected chi connectivity index (χ3v) is 3.00. The second kappa shape index (κ2) is 3.82. The maximum Gasteiger partial charge on any atom is 0.331 e. The average molecular weight is 238 g/mol. The summed E-state index contributed by atoms with van der Waals surface area (Å²) < 4.78 is 13.0. The first-order valence-corrected chi connectivity index (χ1v) is 5.69. The number of rotatable bonds is 4. The summed E-state index contributed by atoms with van der Waals surface area (Å²) in [4.78, 5) is 24.0. The van der Waals surface area contributed by atoms with Crippen molar-refractivity contribution in [2.75, 3.05) is 13.2 Å². The lowest BCUT2D eigenvalue weighted by atomic mass is 10.3. The summed E-state index contributed by atoms with van der Waals surface area (Å²) >= 11 is 0. The van der Waals surface area contributed by atoms with Crippen molar-refractivity contribution in [3.63, 3.8) is 0 Å². The highest BCUT2D eigenvalue weighted by Crippen LogP contribution is 2.11. The van der Waals surface area contributed by atoms with Gasteiger partial charge in [0, 0.05) is 11.8 Å². The first-order chi connectivity index (χ1) is 8.15. The van der Waals surface area contributed by atoms with E-state index in [2.05, 4.69) is 0 Å². The zero-order chi connectivity index (χ0) is 12.0. The SMILES string of the molecule is Cc1cn(CC2CO2)c(=O)n(CC2CO2)c1=O. The van der Waals surface area contributed by atoms with Crippen LogP contribution in [0.1, 0.15) is 5.56 Å². The highest BCUT2D eigenvalue weighted by Gasteiger charge is 2.27. The molecule has 2 aliphatic rings. The van der Waals surface area contributed by atoms with Crippen LogP contribution in [0.3, 0.4) is 0 Å². The Bertz CT molecular complexity index is 552. The Balaban J connectivity index is 2.00. The molecule has 6 nitrogen and oxygen atoms in total. The predicted molar refractivity (Wildman–Crippen MR) is 59.2 cm³/mol. The molecule has 3 heterocycles. The van der Waals surface area contributed by atoms with E-state index in [1.54, 1.807) is 17.7 Å². The van der Waals surface area contributed by atoms with Crippen LogP contribution < -0.4 is 11.2 Å². The number of epoxide rings is 2. The standard InChI is InChI=1S/C11H14N2O4/c1-7-2-12(3-8-5-16-8)11(15)13(10(7)14)4-9-6-17-9/h2,8-9H,3-6H2,1H3. The second-order valence-corrected chi connectivity index (χ2v) is 4.57. The van der Waals surface area contributed by atoms with Gasteiger partial charge in [-0.1, -0.05) is 0 Å². The third-order valence-electron chi connectivity index (χ3n) is 3.00. The van der Waals surface area contributed by atoms with E-state index in [-0.39, 0.29) is 23.5 Å². The molecule has 3 rings (SSSR count). The van der Waals surface area contributed by atoms with E-state index in [1.807, 2.05) is 0 Å². The van der Waals surface area contributed by atoms with Crippen molar-refractivity contribution in [1.29, 1.82) is 0 Å². The lowest BCUT2D eigenvalue weighted by Gasteiger charge is -2.09. The number of hydrogen-bond acceptors (Lipinski definition) is 4. The highest BCUT2D eigenvalue weighted by molar-refractivity contribution is 5.03. The van der Waals surface area contributed by atoms with Crippen LogP contribution in [0.25, 0.3) is 0 Å². The number of aromatic nitrogens is 2. The van der Waals surface area contributed by atoms with Gasteiger partial charge in [0.25, 0.3) is 5.56 Å². The maximum absolute atomic E-state index is 12.1. The summed E-state index contributed by atoms with van der Waals surface area (Å²) in [5, 5.41) is 0. The van der Waals surface area contributed by atoms with Crippen molar-refractivity contribution in [1.82, 2.24) is 9.13 Å². The van der Waals surface area contributed by atoms with Gasteiger partial charge in [0.15, 0.2) is 0 Å². The molecule has 2 aliphatic heterocycles. The van der Waals surface area contributed by atoms with Crippen LogP contribution in [-0.4, -0.2) is 34.6 Å². The molecule has 0 N–H and O–H groups in total. The molecule has 6 heteroatoms. The van der Waals surface area contributed by atoms with E-state index in [0.717, 1.165) is 0 Å². The van der Waals surface area contributed by atoms with Gasteiger partial charge in [-0.25, -0.2) is 4.79 Å². The minimum atomic E-state index is -0.272. The van der Waals surface area contributed by atoms with Crippen molar-refractivity contribution < 1.29 is 9.47 Å². The highest BCUT2D eigenvalue weighted by atomic mass is 16.6.